The summed E-state index contributed by atoms with van der Waals surface area (Å²) < 4.78 is 11.2. The number of carbonyl (C=O) groups excluding carboxylic acids is 1. The highest BCUT2D eigenvalue weighted by Crippen LogP contribution is 2.53. The SMILES string of the molecule is CCOc1ccc(OCCCC(=O)NC2C3CC4CC(C3)CC2C4)cc1. The van der Waals surface area contributed by atoms with Crippen molar-refractivity contribution >= 4 is 5.91 Å². The minimum atomic E-state index is 0.206. The number of rotatable bonds is 8. The van der Waals surface area contributed by atoms with Gasteiger partial charge in [-0.05, 0) is 93.4 Å². The molecule has 4 saturated carbocycles. The Hall–Kier alpha value is -1.71. The van der Waals surface area contributed by atoms with Crippen LogP contribution in [0, 0.1) is 23.7 Å². The molecule has 0 aromatic heterocycles. The van der Waals surface area contributed by atoms with Crippen molar-refractivity contribution < 1.29 is 14.3 Å². The Kier molecular flexibility index (Phi) is 5.37. The van der Waals surface area contributed by atoms with Gasteiger partial charge in [0.1, 0.15) is 11.5 Å². The number of hydrogen-bond donors (Lipinski definition) is 1. The monoisotopic (exact) mass is 357 g/mol. The number of carbonyl (C=O) groups is 1. The van der Waals surface area contributed by atoms with Crippen molar-refractivity contribution in [3.05, 3.63) is 24.3 Å². The van der Waals surface area contributed by atoms with E-state index in [-0.39, 0.29) is 5.91 Å². The van der Waals surface area contributed by atoms with Crippen LogP contribution in [0.2, 0.25) is 0 Å². The van der Waals surface area contributed by atoms with Crippen LogP contribution >= 0.6 is 0 Å². The maximum atomic E-state index is 12.4. The molecule has 26 heavy (non-hydrogen) atoms. The Morgan fingerprint density at radius 3 is 2.12 bits per heavy atom. The highest BCUT2D eigenvalue weighted by molar-refractivity contribution is 5.76. The quantitative estimate of drug-likeness (QED) is 0.710. The van der Waals surface area contributed by atoms with E-state index in [4.69, 9.17) is 9.47 Å². The molecule has 4 aliphatic rings. The van der Waals surface area contributed by atoms with Crippen molar-refractivity contribution in [2.24, 2.45) is 23.7 Å². The maximum Gasteiger partial charge on any atom is 0.220 e. The molecule has 5 rings (SSSR count). The van der Waals surface area contributed by atoms with E-state index in [1.807, 2.05) is 31.2 Å². The molecule has 4 heteroatoms. The van der Waals surface area contributed by atoms with E-state index < -0.39 is 0 Å². The van der Waals surface area contributed by atoms with Crippen molar-refractivity contribution in [2.75, 3.05) is 13.2 Å². The van der Waals surface area contributed by atoms with Gasteiger partial charge in [-0.15, -0.1) is 0 Å². The van der Waals surface area contributed by atoms with Gasteiger partial charge in [0, 0.05) is 12.5 Å². The van der Waals surface area contributed by atoms with Crippen LogP contribution in [0.5, 0.6) is 11.5 Å². The number of nitrogens with one attached hydrogen (secondary N) is 1. The van der Waals surface area contributed by atoms with Gasteiger partial charge in [0.05, 0.1) is 13.2 Å². The van der Waals surface area contributed by atoms with Gasteiger partial charge in [-0.1, -0.05) is 0 Å². The molecule has 0 spiro atoms. The average Bonchev–Trinajstić information content (AvgIpc) is 2.63. The molecule has 1 amide bonds. The Morgan fingerprint density at radius 2 is 1.54 bits per heavy atom. The normalized spacial score (nSPS) is 31.7. The number of amides is 1. The van der Waals surface area contributed by atoms with Crippen LogP contribution in [0.1, 0.15) is 51.9 Å². The first-order chi connectivity index (χ1) is 12.7. The second kappa shape index (κ2) is 7.89. The Bertz CT molecular complexity index is 584. The predicted molar refractivity (Wildman–Crippen MR) is 101 cm³/mol. The van der Waals surface area contributed by atoms with Crippen LogP contribution in [0.4, 0.5) is 0 Å². The third-order valence-corrected chi connectivity index (χ3v) is 6.51. The van der Waals surface area contributed by atoms with E-state index in [0.29, 0.717) is 25.7 Å². The minimum absolute atomic E-state index is 0.206. The zero-order chi connectivity index (χ0) is 17.9. The maximum absolute atomic E-state index is 12.4. The summed E-state index contributed by atoms with van der Waals surface area (Å²) in [5.41, 5.74) is 0. The fourth-order valence-electron chi connectivity index (χ4n) is 5.64. The summed E-state index contributed by atoms with van der Waals surface area (Å²) in [4.78, 5) is 12.4. The lowest BCUT2D eigenvalue weighted by Crippen LogP contribution is -2.55. The zero-order valence-corrected chi connectivity index (χ0v) is 15.8. The van der Waals surface area contributed by atoms with Gasteiger partial charge in [-0.3, -0.25) is 4.79 Å². The third kappa shape index (κ3) is 3.99. The van der Waals surface area contributed by atoms with Gasteiger partial charge < -0.3 is 14.8 Å². The molecular formula is C22H31NO3. The van der Waals surface area contributed by atoms with E-state index >= 15 is 0 Å². The van der Waals surface area contributed by atoms with Crippen LogP contribution in [-0.4, -0.2) is 25.2 Å². The molecule has 4 bridgehead atoms. The molecule has 0 radical (unpaired) electrons. The molecule has 4 fully saturated rings. The van der Waals surface area contributed by atoms with Crippen molar-refractivity contribution in [3.8, 4) is 11.5 Å². The van der Waals surface area contributed by atoms with Crippen LogP contribution < -0.4 is 14.8 Å². The second-order valence-corrected chi connectivity index (χ2v) is 8.38. The Labute approximate surface area is 156 Å². The standard InChI is InChI=1S/C22H31NO3/c1-2-25-19-5-7-20(8-6-19)26-9-3-4-21(24)23-22-17-11-15-10-16(13-17)14-18(22)12-15/h5-8,15-18,22H,2-4,9-14H2,1H3,(H,23,24). The summed E-state index contributed by atoms with van der Waals surface area (Å²) in [6.45, 7) is 3.21. The highest BCUT2D eigenvalue weighted by atomic mass is 16.5. The van der Waals surface area contributed by atoms with Crippen molar-refractivity contribution in [1.82, 2.24) is 5.32 Å². The zero-order valence-electron chi connectivity index (χ0n) is 15.8. The molecule has 0 heterocycles. The van der Waals surface area contributed by atoms with E-state index in [2.05, 4.69) is 5.32 Å². The molecule has 4 nitrogen and oxygen atoms in total. The fraction of sp³-hybridized carbons (Fsp3) is 0.682. The first-order valence-electron chi connectivity index (χ1n) is 10.4. The first-order valence-corrected chi connectivity index (χ1v) is 10.4. The lowest BCUT2D eigenvalue weighted by molar-refractivity contribution is -0.125. The van der Waals surface area contributed by atoms with Crippen LogP contribution in [0.25, 0.3) is 0 Å². The fourth-order valence-corrected chi connectivity index (χ4v) is 5.64. The van der Waals surface area contributed by atoms with Gasteiger partial charge in [-0.2, -0.15) is 0 Å². The highest BCUT2D eigenvalue weighted by Gasteiger charge is 2.48. The molecule has 0 unspecified atom stereocenters. The molecular weight excluding hydrogens is 326 g/mol. The lowest BCUT2D eigenvalue weighted by Gasteiger charge is -2.54. The largest absolute Gasteiger partial charge is 0.494 e. The average molecular weight is 357 g/mol. The van der Waals surface area contributed by atoms with Gasteiger partial charge in [0.2, 0.25) is 5.91 Å². The molecule has 1 aromatic rings. The molecule has 0 atom stereocenters. The third-order valence-electron chi connectivity index (χ3n) is 6.51. The summed E-state index contributed by atoms with van der Waals surface area (Å²) in [5, 5.41) is 3.37. The smallest absolute Gasteiger partial charge is 0.220 e. The van der Waals surface area contributed by atoms with Crippen molar-refractivity contribution in [3.63, 3.8) is 0 Å². The number of ether oxygens (including phenoxy) is 2. The Morgan fingerprint density at radius 1 is 0.962 bits per heavy atom. The molecule has 142 valence electrons. The molecule has 1 aromatic carbocycles. The number of benzene rings is 1. The summed E-state index contributed by atoms with van der Waals surface area (Å²) in [7, 11) is 0. The van der Waals surface area contributed by atoms with Crippen LogP contribution in [0.3, 0.4) is 0 Å². The number of hydrogen-bond acceptors (Lipinski definition) is 3. The van der Waals surface area contributed by atoms with Crippen molar-refractivity contribution in [1.29, 1.82) is 0 Å². The van der Waals surface area contributed by atoms with E-state index in [1.165, 1.54) is 32.1 Å². The minimum Gasteiger partial charge on any atom is -0.494 e. The first kappa shape index (κ1) is 17.7. The lowest BCUT2D eigenvalue weighted by atomic mass is 9.54. The summed E-state index contributed by atoms with van der Waals surface area (Å²) in [6, 6.07) is 8.11. The van der Waals surface area contributed by atoms with Crippen LogP contribution in [0.15, 0.2) is 24.3 Å². The van der Waals surface area contributed by atoms with Gasteiger partial charge >= 0.3 is 0 Å². The van der Waals surface area contributed by atoms with Gasteiger partial charge in [0.25, 0.3) is 0 Å². The molecule has 4 aliphatic carbocycles. The second-order valence-electron chi connectivity index (χ2n) is 8.38. The van der Waals surface area contributed by atoms with Crippen molar-refractivity contribution in [2.45, 2.75) is 57.9 Å². The topological polar surface area (TPSA) is 47.6 Å². The summed E-state index contributed by atoms with van der Waals surface area (Å²) >= 11 is 0. The van der Waals surface area contributed by atoms with E-state index in [0.717, 1.165) is 41.6 Å². The molecule has 1 N–H and O–H groups in total. The van der Waals surface area contributed by atoms with E-state index in [1.54, 1.807) is 0 Å². The van der Waals surface area contributed by atoms with Crippen LogP contribution in [-0.2, 0) is 4.79 Å². The summed E-state index contributed by atoms with van der Waals surface area (Å²) in [6.07, 6.45) is 8.15. The predicted octanol–water partition coefficient (Wildman–Crippen LogP) is 4.19. The van der Waals surface area contributed by atoms with E-state index in [9.17, 15) is 4.79 Å². The molecule has 0 saturated heterocycles. The van der Waals surface area contributed by atoms with Gasteiger partial charge in [0.15, 0.2) is 0 Å². The molecule has 0 aliphatic heterocycles. The van der Waals surface area contributed by atoms with Gasteiger partial charge in [-0.25, -0.2) is 0 Å². The summed E-state index contributed by atoms with van der Waals surface area (Å²) in [5.74, 6) is 5.29. The Balaban J connectivity index is 1.17.